The number of alkyl halides is 3. The number of hydrogen-bond acceptors (Lipinski definition) is 4. The largest absolute Gasteiger partial charge is 0.419 e. The van der Waals surface area contributed by atoms with Crippen molar-refractivity contribution >= 4 is 11.9 Å². The Hall–Kier alpha value is -1.86. The molecule has 0 saturated carbocycles. The fraction of sp³-hybridized carbons (Fsp3) is 0.500. The van der Waals surface area contributed by atoms with Crippen molar-refractivity contribution in [3.8, 4) is 0 Å². The standard InChI is InChI=1S/C10H11F3N4O/c11-10(12,13)7-2-15-9(16-3-7)17-4-6(5-17)1-8(14)18/h2-3,6H,1,4-5H2,(H2,14,18). The van der Waals surface area contributed by atoms with E-state index < -0.39 is 11.7 Å². The minimum absolute atomic E-state index is 0.133. The summed E-state index contributed by atoms with van der Waals surface area (Å²) < 4.78 is 36.8. The van der Waals surface area contributed by atoms with Crippen molar-refractivity contribution in [2.45, 2.75) is 12.6 Å². The summed E-state index contributed by atoms with van der Waals surface area (Å²) in [6, 6.07) is 0. The van der Waals surface area contributed by atoms with Crippen LogP contribution in [0.25, 0.3) is 0 Å². The third-order valence-corrected chi connectivity index (χ3v) is 2.70. The lowest BCUT2D eigenvalue weighted by Crippen LogP contribution is -2.49. The first-order valence-corrected chi connectivity index (χ1v) is 5.29. The highest BCUT2D eigenvalue weighted by molar-refractivity contribution is 5.74. The molecule has 18 heavy (non-hydrogen) atoms. The van der Waals surface area contributed by atoms with E-state index in [9.17, 15) is 18.0 Å². The number of amides is 1. The van der Waals surface area contributed by atoms with Crippen molar-refractivity contribution in [3.05, 3.63) is 18.0 Å². The summed E-state index contributed by atoms with van der Waals surface area (Å²) in [5.41, 5.74) is 4.17. The number of rotatable bonds is 3. The fourth-order valence-electron chi connectivity index (χ4n) is 1.78. The molecule has 1 aliphatic rings. The normalized spacial score (nSPS) is 16.5. The van der Waals surface area contributed by atoms with Gasteiger partial charge in [0.05, 0.1) is 5.56 Å². The highest BCUT2D eigenvalue weighted by Gasteiger charge is 2.33. The predicted octanol–water partition coefficient (Wildman–Crippen LogP) is 0.807. The Kier molecular flexibility index (Phi) is 3.10. The number of hydrogen-bond donors (Lipinski definition) is 1. The van der Waals surface area contributed by atoms with Gasteiger partial charge < -0.3 is 10.6 Å². The number of carbonyl (C=O) groups is 1. The molecule has 8 heteroatoms. The Balaban J connectivity index is 1.95. The summed E-state index contributed by atoms with van der Waals surface area (Å²) in [7, 11) is 0. The summed E-state index contributed by atoms with van der Waals surface area (Å²) in [5, 5.41) is 0. The van der Waals surface area contributed by atoms with Gasteiger partial charge in [-0.2, -0.15) is 13.2 Å². The molecule has 1 fully saturated rings. The molecule has 0 radical (unpaired) electrons. The zero-order valence-electron chi connectivity index (χ0n) is 9.31. The lowest BCUT2D eigenvalue weighted by Gasteiger charge is -2.38. The summed E-state index contributed by atoms with van der Waals surface area (Å²) >= 11 is 0. The molecule has 2 heterocycles. The van der Waals surface area contributed by atoms with Gasteiger partial charge in [-0.05, 0) is 0 Å². The molecule has 98 valence electrons. The number of primary amides is 1. The van der Waals surface area contributed by atoms with Crippen LogP contribution < -0.4 is 10.6 Å². The van der Waals surface area contributed by atoms with Crippen LogP contribution in [0.5, 0.6) is 0 Å². The lowest BCUT2D eigenvalue weighted by atomic mass is 9.97. The van der Waals surface area contributed by atoms with Crippen LogP contribution >= 0.6 is 0 Å². The van der Waals surface area contributed by atoms with Crippen LogP contribution in [0.15, 0.2) is 12.4 Å². The third-order valence-electron chi connectivity index (χ3n) is 2.70. The predicted molar refractivity (Wildman–Crippen MR) is 56.5 cm³/mol. The molecule has 1 aromatic rings. The van der Waals surface area contributed by atoms with Crippen molar-refractivity contribution < 1.29 is 18.0 Å². The number of nitrogens with zero attached hydrogens (tertiary/aromatic N) is 3. The smallest absolute Gasteiger partial charge is 0.370 e. The van der Waals surface area contributed by atoms with Crippen LogP contribution in [0.1, 0.15) is 12.0 Å². The molecule has 1 aromatic heterocycles. The van der Waals surface area contributed by atoms with Gasteiger partial charge in [0.1, 0.15) is 0 Å². The molecular weight excluding hydrogens is 249 g/mol. The maximum atomic E-state index is 12.3. The van der Waals surface area contributed by atoms with Gasteiger partial charge in [0.2, 0.25) is 11.9 Å². The minimum Gasteiger partial charge on any atom is -0.370 e. The molecule has 0 unspecified atom stereocenters. The monoisotopic (exact) mass is 260 g/mol. The number of anilines is 1. The highest BCUT2D eigenvalue weighted by Crippen LogP contribution is 2.29. The van der Waals surface area contributed by atoms with Crippen molar-refractivity contribution in [1.29, 1.82) is 0 Å². The molecule has 0 aliphatic carbocycles. The first kappa shape index (κ1) is 12.6. The summed E-state index contributed by atoms with van der Waals surface area (Å²) in [6.07, 6.45) is -2.65. The molecule has 5 nitrogen and oxygen atoms in total. The van der Waals surface area contributed by atoms with Crippen LogP contribution in [-0.4, -0.2) is 29.0 Å². The van der Waals surface area contributed by atoms with E-state index in [0.29, 0.717) is 13.1 Å². The first-order chi connectivity index (χ1) is 8.36. The summed E-state index contributed by atoms with van der Waals surface area (Å²) in [5.74, 6) is -0.00917. The number of aromatic nitrogens is 2. The van der Waals surface area contributed by atoms with Gasteiger partial charge in [0.25, 0.3) is 0 Å². The summed E-state index contributed by atoms with van der Waals surface area (Å²) in [4.78, 5) is 19.7. The quantitative estimate of drug-likeness (QED) is 0.872. The highest BCUT2D eigenvalue weighted by atomic mass is 19.4. The Morgan fingerprint density at radius 2 is 1.94 bits per heavy atom. The van der Waals surface area contributed by atoms with E-state index in [4.69, 9.17) is 5.73 Å². The van der Waals surface area contributed by atoms with Crippen LogP contribution in [0, 0.1) is 5.92 Å². The van der Waals surface area contributed by atoms with Gasteiger partial charge in [-0.25, -0.2) is 9.97 Å². The number of halogens is 3. The lowest BCUT2D eigenvalue weighted by molar-refractivity contribution is -0.138. The van der Waals surface area contributed by atoms with Crippen molar-refractivity contribution in [2.75, 3.05) is 18.0 Å². The van der Waals surface area contributed by atoms with Crippen LogP contribution in [0.4, 0.5) is 19.1 Å². The second-order valence-electron chi connectivity index (χ2n) is 4.21. The minimum atomic E-state index is -4.43. The SMILES string of the molecule is NC(=O)CC1CN(c2ncc(C(F)(F)F)cn2)C1. The van der Waals surface area contributed by atoms with Crippen LogP contribution in [0.3, 0.4) is 0 Å². The molecule has 2 rings (SSSR count). The van der Waals surface area contributed by atoms with Crippen molar-refractivity contribution in [2.24, 2.45) is 11.7 Å². The van der Waals surface area contributed by atoms with Gasteiger partial charge in [0.15, 0.2) is 0 Å². The second-order valence-corrected chi connectivity index (χ2v) is 4.21. The molecular formula is C10H11F3N4O. The van der Waals surface area contributed by atoms with E-state index in [1.807, 2.05) is 0 Å². The average molecular weight is 260 g/mol. The number of carbonyl (C=O) groups excluding carboxylic acids is 1. The molecule has 0 atom stereocenters. The van der Waals surface area contributed by atoms with Crippen LogP contribution in [-0.2, 0) is 11.0 Å². The van der Waals surface area contributed by atoms with Gasteiger partial charge in [-0.3, -0.25) is 4.79 Å². The second kappa shape index (κ2) is 4.43. The van der Waals surface area contributed by atoms with Gasteiger partial charge in [-0.15, -0.1) is 0 Å². The van der Waals surface area contributed by atoms with E-state index in [1.54, 1.807) is 4.90 Å². The Labute approximate surface area is 101 Å². The van der Waals surface area contributed by atoms with E-state index in [1.165, 1.54) is 0 Å². The molecule has 1 amide bonds. The van der Waals surface area contributed by atoms with Crippen molar-refractivity contribution in [1.82, 2.24) is 9.97 Å². The molecule has 1 saturated heterocycles. The maximum absolute atomic E-state index is 12.3. The Bertz CT molecular complexity index is 439. The van der Waals surface area contributed by atoms with E-state index in [2.05, 4.69) is 9.97 Å². The zero-order chi connectivity index (χ0) is 13.3. The topological polar surface area (TPSA) is 72.1 Å². The van der Waals surface area contributed by atoms with Crippen molar-refractivity contribution in [3.63, 3.8) is 0 Å². The van der Waals surface area contributed by atoms with Crippen LogP contribution in [0.2, 0.25) is 0 Å². The molecule has 2 N–H and O–H groups in total. The zero-order valence-corrected chi connectivity index (χ0v) is 9.31. The van der Waals surface area contributed by atoms with E-state index in [-0.39, 0.29) is 24.2 Å². The summed E-state index contributed by atoms with van der Waals surface area (Å²) in [6.45, 7) is 1.07. The molecule has 0 aromatic carbocycles. The Morgan fingerprint density at radius 3 is 2.39 bits per heavy atom. The molecule has 0 bridgehead atoms. The maximum Gasteiger partial charge on any atom is 0.419 e. The first-order valence-electron chi connectivity index (χ1n) is 5.29. The molecule has 0 spiro atoms. The molecule has 1 aliphatic heterocycles. The third kappa shape index (κ3) is 2.69. The van der Waals surface area contributed by atoms with Gasteiger partial charge in [0, 0.05) is 37.8 Å². The van der Waals surface area contributed by atoms with Gasteiger partial charge >= 0.3 is 6.18 Å². The van der Waals surface area contributed by atoms with E-state index in [0.717, 1.165) is 12.4 Å². The fourth-order valence-corrected chi connectivity index (χ4v) is 1.78. The van der Waals surface area contributed by atoms with E-state index >= 15 is 0 Å². The van der Waals surface area contributed by atoms with Gasteiger partial charge in [-0.1, -0.05) is 0 Å². The number of nitrogens with two attached hydrogens (primary N) is 1. The average Bonchev–Trinajstić information content (AvgIpc) is 2.21. The Morgan fingerprint density at radius 1 is 1.39 bits per heavy atom.